The van der Waals surface area contributed by atoms with Crippen LogP contribution < -0.4 is 5.56 Å². The van der Waals surface area contributed by atoms with Crippen LogP contribution in [0, 0.1) is 0 Å². The molecule has 0 radical (unpaired) electrons. The Balaban J connectivity index is 1.45. The first-order valence-corrected chi connectivity index (χ1v) is 11.8. The molecule has 1 N–H and O–H groups in total. The Hall–Kier alpha value is -2.82. The molecule has 30 heavy (non-hydrogen) atoms. The first kappa shape index (κ1) is 19.2. The predicted octanol–water partition coefficient (Wildman–Crippen LogP) is 4.76. The highest BCUT2D eigenvalue weighted by Gasteiger charge is 2.20. The van der Waals surface area contributed by atoms with Crippen molar-refractivity contribution in [3.05, 3.63) is 63.6 Å². The van der Waals surface area contributed by atoms with E-state index < -0.39 is 0 Å². The number of rotatable bonds is 5. The van der Waals surface area contributed by atoms with Crippen LogP contribution in [0.15, 0.2) is 57.4 Å². The van der Waals surface area contributed by atoms with Gasteiger partial charge >= 0.3 is 0 Å². The number of aromatic nitrogens is 6. The molecule has 0 aliphatic carbocycles. The fourth-order valence-corrected chi connectivity index (χ4v) is 5.79. The van der Waals surface area contributed by atoms with Crippen molar-refractivity contribution in [2.75, 3.05) is 0 Å². The van der Waals surface area contributed by atoms with Crippen LogP contribution >= 0.6 is 34.4 Å². The topological polar surface area (TPSA) is 89.3 Å². The van der Waals surface area contributed by atoms with E-state index in [0.717, 1.165) is 31.8 Å². The summed E-state index contributed by atoms with van der Waals surface area (Å²) < 4.78 is 1.93. The van der Waals surface area contributed by atoms with E-state index in [9.17, 15) is 4.79 Å². The van der Waals surface area contributed by atoms with E-state index in [1.165, 1.54) is 23.1 Å². The summed E-state index contributed by atoms with van der Waals surface area (Å²) in [6.07, 6.45) is 3.49. The van der Waals surface area contributed by atoms with Crippen LogP contribution in [0.2, 0.25) is 0 Å². The maximum Gasteiger partial charge on any atom is 0.260 e. The molecule has 1 atom stereocenters. The molecule has 0 saturated carbocycles. The van der Waals surface area contributed by atoms with Gasteiger partial charge in [0.15, 0.2) is 11.0 Å². The molecule has 0 amide bonds. The lowest BCUT2D eigenvalue weighted by atomic mass is 10.2. The van der Waals surface area contributed by atoms with E-state index >= 15 is 0 Å². The summed E-state index contributed by atoms with van der Waals surface area (Å²) in [6.45, 7) is 2.00. The Kier molecular flexibility index (Phi) is 4.97. The highest BCUT2D eigenvalue weighted by Crippen LogP contribution is 2.36. The third kappa shape index (κ3) is 3.36. The SMILES string of the molecule is CC(Sc1nnc(-c2cccnc2)n1C)c1nc2scc(-c3cccs3)c2c(=O)[nH]1. The minimum Gasteiger partial charge on any atom is -0.309 e. The molecule has 0 aliphatic heterocycles. The fraction of sp³-hybridized carbons (Fsp3) is 0.150. The fourth-order valence-electron chi connectivity index (χ4n) is 3.15. The van der Waals surface area contributed by atoms with Crippen molar-refractivity contribution in [1.29, 1.82) is 0 Å². The van der Waals surface area contributed by atoms with Gasteiger partial charge in [-0.1, -0.05) is 17.8 Å². The Bertz CT molecular complexity index is 1370. The van der Waals surface area contributed by atoms with Crippen LogP contribution in [0.4, 0.5) is 0 Å². The Morgan fingerprint density at radius 1 is 1.20 bits per heavy atom. The molecular weight excluding hydrogens is 436 g/mol. The van der Waals surface area contributed by atoms with Crippen LogP contribution in [-0.4, -0.2) is 29.7 Å². The molecule has 150 valence electrons. The van der Waals surface area contributed by atoms with Gasteiger partial charge in [-0.2, -0.15) is 0 Å². The molecule has 0 fully saturated rings. The zero-order valence-electron chi connectivity index (χ0n) is 16.1. The average molecular weight is 453 g/mol. The second-order valence-electron chi connectivity index (χ2n) is 6.62. The van der Waals surface area contributed by atoms with Gasteiger partial charge in [0.25, 0.3) is 5.56 Å². The summed E-state index contributed by atoms with van der Waals surface area (Å²) in [6, 6.07) is 7.82. The number of thioether (sulfide) groups is 1. The van der Waals surface area contributed by atoms with Gasteiger partial charge < -0.3 is 9.55 Å². The zero-order chi connectivity index (χ0) is 20.7. The largest absolute Gasteiger partial charge is 0.309 e. The highest BCUT2D eigenvalue weighted by molar-refractivity contribution is 7.99. The predicted molar refractivity (Wildman–Crippen MR) is 122 cm³/mol. The van der Waals surface area contributed by atoms with Crippen molar-refractivity contribution in [2.24, 2.45) is 7.05 Å². The number of hydrogen-bond donors (Lipinski definition) is 1. The minimum absolute atomic E-state index is 0.0981. The van der Waals surface area contributed by atoms with Gasteiger partial charge in [0.05, 0.1) is 10.6 Å². The molecule has 1 unspecified atom stereocenters. The molecule has 5 aromatic rings. The number of H-pyrrole nitrogens is 1. The van der Waals surface area contributed by atoms with Crippen LogP contribution in [-0.2, 0) is 7.05 Å². The third-order valence-corrected chi connectivity index (χ3v) is 7.59. The molecule has 0 aromatic carbocycles. The van der Waals surface area contributed by atoms with Crippen molar-refractivity contribution in [2.45, 2.75) is 17.3 Å². The smallest absolute Gasteiger partial charge is 0.260 e. The Morgan fingerprint density at radius 3 is 2.87 bits per heavy atom. The van der Waals surface area contributed by atoms with Crippen molar-refractivity contribution in [1.82, 2.24) is 29.7 Å². The highest BCUT2D eigenvalue weighted by atomic mass is 32.2. The second kappa shape index (κ2) is 7.78. The van der Waals surface area contributed by atoms with Gasteiger partial charge in [0, 0.05) is 40.8 Å². The van der Waals surface area contributed by atoms with E-state index in [0.29, 0.717) is 11.2 Å². The molecule has 7 nitrogen and oxygen atoms in total. The van der Waals surface area contributed by atoms with E-state index in [4.69, 9.17) is 4.98 Å². The average Bonchev–Trinajstić information content (AvgIpc) is 3.49. The molecule has 0 spiro atoms. The van der Waals surface area contributed by atoms with Crippen LogP contribution in [0.25, 0.3) is 32.0 Å². The van der Waals surface area contributed by atoms with Gasteiger partial charge in [0.2, 0.25) is 0 Å². The maximum absolute atomic E-state index is 12.9. The lowest BCUT2D eigenvalue weighted by molar-refractivity contribution is 0.786. The van der Waals surface area contributed by atoms with E-state index in [2.05, 4.69) is 20.2 Å². The normalized spacial score (nSPS) is 12.5. The molecule has 5 rings (SSSR count). The maximum atomic E-state index is 12.9. The molecule has 0 saturated heterocycles. The number of thiophene rings is 2. The molecule has 5 aromatic heterocycles. The number of aromatic amines is 1. The van der Waals surface area contributed by atoms with Gasteiger partial charge in [0.1, 0.15) is 10.7 Å². The summed E-state index contributed by atoms with van der Waals surface area (Å²) in [4.78, 5) is 26.5. The molecule has 5 heterocycles. The van der Waals surface area contributed by atoms with Gasteiger partial charge in [-0.3, -0.25) is 9.78 Å². The number of hydrogen-bond acceptors (Lipinski definition) is 8. The van der Waals surface area contributed by atoms with Gasteiger partial charge in [-0.25, -0.2) is 4.98 Å². The van der Waals surface area contributed by atoms with Crippen LogP contribution in [0.1, 0.15) is 18.0 Å². The molecular formula is C20H16N6OS3. The quantitative estimate of drug-likeness (QED) is 0.387. The molecule has 0 bridgehead atoms. The van der Waals surface area contributed by atoms with Crippen molar-refractivity contribution in [3.8, 4) is 21.8 Å². The number of pyridine rings is 1. The summed E-state index contributed by atoms with van der Waals surface area (Å²) in [5, 5.41) is 13.9. The Labute approximate surface area is 183 Å². The first-order valence-electron chi connectivity index (χ1n) is 9.13. The first-order chi connectivity index (χ1) is 14.6. The number of nitrogens with zero attached hydrogens (tertiary/aromatic N) is 5. The Morgan fingerprint density at radius 2 is 2.10 bits per heavy atom. The second-order valence-corrected chi connectivity index (χ2v) is 9.74. The summed E-state index contributed by atoms with van der Waals surface area (Å²) in [5.74, 6) is 1.37. The lowest BCUT2D eigenvalue weighted by Gasteiger charge is -2.10. The van der Waals surface area contributed by atoms with Gasteiger partial charge in [-0.05, 0) is 30.5 Å². The van der Waals surface area contributed by atoms with Crippen LogP contribution in [0.5, 0.6) is 0 Å². The number of fused-ring (bicyclic) bond motifs is 1. The lowest BCUT2D eigenvalue weighted by Crippen LogP contribution is -2.12. The van der Waals surface area contributed by atoms with Gasteiger partial charge in [-0.15, -0.1) is 32.9 Å². The summed E-state index contributed by atoms with van der Waals surface area (Å²) >= 11 is 4.62. The van der Waals surface area contributed by atoms with E-state index in [1.54, 1.807) is 23.7 Å². The summed E-state index contributed by atoms with van der Waals surface area (Å²) in [7, 11) is 1.92. The minimum atomic E-state index is -0.110. The van der Waals surface area contributed by atoms with Crippen molar-refractivity contribution < 1.29 is 0 Å². The van der Waals surface area contributed by atoms with E-state index in [1.807, 2.05) is 53.6 Å². The zero-order valence-corrected chi connectivity index (χ0v) is 18.5. The monoisotopic (exact) mass is 452 g/mol. The van der Waals surface area contributed by atoms with Crippen molar-refractivity contribution >= 4 is 44.7 Å². The molecule has 0 aliphatic rings. The van der Waals surface area contributed by atoms with E-state index in [-0.39, 0.29) is 10.8 Å². The van der Waals surface area contributed by atoms with Crippen molar-refractivity contribution in [3.63, 3.8) is 0 Å². The summed E-state index contributed by atoms with van der Waals surface area (Å²) in [5.41, 5.74) is 1.74. The molecule has 10 heteroatoms. The number of nitrogens with one attached hydrogen (secondary N) is 1. The third-order valence-electron chi connectivity index (χ3n) is 4.67. The standard InChI is InChI=1S/C20H16N6OS3/c1-11(30-20-25-24-17(26(20)2)12-5-3-7-21-9-12)16-22-18(27)15-13(10-29-19(15)23-16)14-6-4-8-28-14/h3-11H,1-2H3,(H,22,23,27). The van der Waals surface area contributed by atoms with Crippen LogP contribution in [0.3, 0.4) is 0 Å².